The Morgan fingerprint density at radius 2 is 1.46 bits per heavy atom. The number of benzene rings is 4. The summed E-state index contributed by atoms with van der Waals surface area (Å²) >= 11 is 0. The number of aliphatic hydroxyl groups is 1. The Morgan fingerprint density at radius 3 is 2.13 bits per heavy atom. The summed E-state index contributed by atoms with van der Waals surface area (Å²) in [4.78, 5) is 18.9. The van der Waals surface area contributed by atoms with Gasteiger partial charge in [-0.3, -0.25) is 9.78 Å². The van der Waals surface area contributed by atoms with Crippen LogP contribution in [0.15, 0.2) is 103 Å². The Hall–Kier alpha value is -3.83. The first-order chi connectivity index (χ1) is 21.2. The average Bonchev–Trinajstić information content (AvgIpc) is 3.16. The van der Waals surface area contributed by atoms with E-state index in [1.54, 1.807) is 0 Å². The number of hydrogen-bond acceptors (Lipinski definition) is 4. The van der Waals surface area contributed by atoms with Crippen LogP contribution in [0.25, 0.3) is 33.2 Å². The molecular weight excluding hydrogens is 761 g/mol. The molecule has 0 fully saturated rings. The Labute approximate surface area is 287 Å². The third kappa shape index (κ3) is 5.79. The molecule has 0 saturated heterocycles. The SMILES string of the molecule is CC(C)(C)C(=O)/C=C(\O)C(C)(C)C.C[Si]1(C)c2cccc3c2-c2c1ccnc2-c1[c-]c2ccccc2cc1N3c1ccccc1.[Ir]. The molecule has 0 atom stereocenters. The Bertz CT molecular complexity index is 1990. The number of para-hydroxylation sites is 1. The van der Waals surface area contributed by atoms with Crippen molar-refractivity contribution in [3.05, 3.63) is 109 Å². The molecule has 1 aromatic heterocycles. The number of anilines is 3. The predicted octanol–water partition coefficient (Wildman–Crippen LogP) is 9.38. The molecule has 46 heavy (non-hydrogen) atoms. The Kier molecular flexibility index (Phi) is 8.80. The van der Waals surface area contributed by atoms with Crippen molar-refractivity contribution >= 4 is 52.1 Å². The minimum absolute atomic E-state index is 0. The topological polar surface area (TPSA) is 53.4 Å². The predicted molar refractivity (Wildman–Crippen MR) is 191 cm³/mol. The quantitative estimate of drug-likeness (QED) is 0.0822. The van der Waals surface area contributed by atoms with Crippen LogP contribution in [-0.4, -0.2) is 23.9 Å². The monoisotopic (exact) mass is 802 g/mol. The van der Waals surface area contributed by atoms with Crippen molar-refractivity contribution in [3.63, 3.8) is 0 Å². The zero-order valence-electron chi connectivity index (χ0n) is 27.8. The van der Waals surface area contributed by atoms with Crippen molar-refractivity contribution in [2.45, 2.75) is 54.6 Å². The van der Waals surface area contributed by atoms with Crippen molar-refractivity contribution in [1.29, 1.82) is 0 Å². The molecular formula is C40H41IrN2O2Si-. The van der Waals surface area contributed by atoms with Gasteiger partial charge in [-0.15, -0.1) is 17.5 Å². The van der Waals surface area contributed by atoms with Gasteiger partial charge in [-0.25, -0.2) is 0 Å². The third-order valence-corrected chi connectivity index (χ3v) is 12.4. The summed E-state index contributed by atoms with van der Waals surface area (Å²) in [6.07, 6.45) is 3.33. The van der Waals surface area contributed by atoms with Crippen LogP contribution in [0, 0.1) is 16.9 Å². The van der Waals surface area contributed by atoms with Gasteiger partial charge in [0.1, 0.15) is 13.8 Å². The molecule has 4 nitrogen and oxygen atoms in total. The van der Waals surface area contributed by atoms with Crippen molar-refractivity contribution < 1.29 is 30.0 Å². The summed E-state index contributed by atoms with van der Waals surface area (Å²) in [5.41, 5.74) is 7.60. The molecule has 4 aromatic carbocycles. The summed E-state index contributed by atoms with van der Waals surface area (Å²) in [6, 6.07) is 34.4. The molecule has 0 spiro atoms. The Morgan fingerprint density at radius 1 is 0.804 bits per heavy atom. The van der Waals surface area contributed by atoms with E-state index < -0.39 is 13.5 Å². The maximum absolute atomic E-state index is 11.5. The zero-order chi connectivity index (χ0) is 32.3. The second-order valence-electron chi connectivity index (χ2n) is 14.6. The molecule has 2 aliphatic heterocycles. The molecule has 1 radical (unpaired) electrons. The van der Waals surface area contributed by atoms with Crippen LogP contribution in [0.5, 0.6) is 0 Å². The number of hydrogen-bond donors (Lipinski definition) is 1. The largest absolute Gasteiger partial charge is 0.512 e. The summed E-state index contributed by atoms with van der Waals surface area (Å²) in [5, 5.41) is 14.9. The fraction of sp³-hybridized carbons (Fsp3) is 0.250. The van der Waals surface area contributed by atoms with Gasteiger partial charge in [0.05, 0.1) is 0 Å². The summed E-state index contributed by atoms with van der Waals surface area (Å²) in [5.74, 6) is 0.104. The van der Waals surface area contributed by atoms with E-state index in [9.17, 15) is 9.90 Å². The molecule has 237 valence electrons. The molecule has 5 aromatic rings. The molecule has 7 rings (SSSR count). The van der Waals surface area contributed by atoms with Crippen molar-refractivity contribution in [2.24, 2.45) is 10.8 Å². The maximum atomic E-state index is 11.5. The first-order valence-electron chi connectivity index (χ1n) is 15.6. The number of carbonyl (C=O) groups excluding carboxylic acids is 1. The first kappa shape index (κ1) is 33.5. The van der Waals surface area contributed by atoms with Gasteiger partial charge >= 0.3 is 0 Å². The second-order valence-corrected chi connectivity index (χ2v) is 18.9. The molecule has 0 amide bonds. The number of allylic oxidation sites excluding steroid dienone is 2. The van der Waals surface area contributed by atoms with Crippen molar-refractivity contribution in [2.75, 3.05) is 4.90 Å². The van der Waals surface area contributed by atoms with Gasteiger partial charge in [-0.05, 0) is 46.3 Å². The number of rotatable bonds is 2. The van der Waals surface area contributed by atoms with Crippen LogP contribution in [-0.2, 0) is 24.9 Å². The number of pyridine rings is 1. The minimum Gasteiger partial charge on any atom is -0.512 e. The van der Waals surface area contributed by atoms with Gasteiger partial charge in [0.25, 0.3) is 0 Å². The number of aromatic nitrogens is 1. The van der Waals surface area contributed by atoms with Crippen LogP contribution in [0.4, 0.5) is 17.1 Å². The number of nitrogens with zero attached hydrogens (tertiary/aromatic N) is 2. The van der Waals surface area contributed by atoms with Gasteiger partial charge in [-0.2, -0.15) is 0 Å². The van der Waals surface area contributed by atoms with Crippen LogP contribution in [0.2, 0.25) is 13.1 Å². The normalized spacial score (nSPS) is 14.3. The molecule has 6 heteroatoms. The summed E-state index contributed by atoms with van der Waals surface area (Å²) in [7, 11) is -1.81. The molecule has 2 aliphatic rings. The number of carbonyl (C=O) groups is 1. The van der Waals surface area contributed by atoms with Gasteiger partial charge in [0.15, 0.2) is 5.78 Å². The van der Waals surface area contributed by atoms with Crippen LogP contribution >= 0.6 is 0 Å². The van der Waals surface area contributed by atoms with Crippen LogP contribution in [0.1, 0.15) is 41.5 Å². The average molecular weight is 802 g/mol. The molecule has 3 heterocycles. The summed E-state index contributed by atoms with van der Waals surface area (Å²) in [6.45, 7) is 16.0. The smallest absolute Gasteiger partial charge is 0.164 e. The van der Waals surface area contributed by atoms with E-state index in [1.165, 1.54) is 38.6 Å². The first-order valence-corrected chi connectivity index (χ1v) is 18.6. The van der Waals surface area contributed by atoms with Crippen molar-refractivity contribution in [3.8, 4) is 22.4 Å². The number of fused-ring (bicyclic) bond motifs is 3. The van der Waals surface area contributed by atoms with Gasteiger partial charge in [-0.1, -0.05) is 125 Å². The summed E-state index contributed by atoms with van der Waals surface area (Å²) < 4.78 is 0. The van der Waals surface area contributed by atoms with Crippen molar-refractivity contribution in [1.82, 2.24) is 4.98 Å². The van der Waals surface area contributed by atoms with E-state index in [4.69, 9.17) is 4.98 Å². The third-order valence-electron chi connectivity index (χ3n) is 8.87. The van der Waals surface area contributed by atoms with E-state index in [2.05, 4.69) is 109 Å². The zero-order valence-corrected chi connectivity index (χ0v) is 31.2. The van der Waals surface area contributed by atoms with Crippen LogP contribution < -0.4 is 15.3 Å². The van der Waals surface area contributed by atoms with E-state index in [0.29, 0.717) is 0 Å². The fourth-order valence-electron chi connectivity index (χ4n) is 6.13. The number of aliphatic hydroxyl groups excluding tert-OH is 1. The molecule has 0 saturated carbocycles. The molecule has 0 aliphatic carbocycles. The molecule has 0 unspecified atom stereocenters. The Balaban J connectivity index is 0.000000256. The van der Waals surface area contributed by atoms with E-state index in [1.807, 2.05) is 47.7 Å². The fourth-order valence-corrected chi connectivity index (χ4v) is 9.18. The number of ketones is 1. The van der Waals surface area contributed by atoms with E-state index >= 15 is 0 Å². The van der Waals surface area contributed by atoms with E-state index in [-0.39, 0.29) is 37.1 Å². The minimum atomic E-state index is -1.81. The maximum Gasteiger partial charge on any atom is 0.164 e. The van der Waals surface area contributed by atoms with Gasteiger partial charge in [0, 0.05) is 60.3 Å². The van der Waals surface area contributed by atoms with Crippen LogP contribution in [0.3, 0.4) is 0 Å². The standard InChI is InChI=1S/C29H21N2Si.C11H20O2.Ir/c1-32(2)25-14-8-13-23-27(25)28-26(32)15-16-30-29(28)22-17-19-9-6-7-10-20(19)18-24(22)31(23)21-11-4-3-5-12-21;1-10(2,3)8(12)7-9(13)11(4,5)6;/h3-16,18H,1-2H3;7,12H,1-6H3;/q-1;;/b;8-7-;. The molecule has 0 bridgehead atoms. The molecule has 1 N–H and O–H groups in total. The van der Waals surface area contributed by atoms with E-state index in [0.717, 1.165) is 28.0 Å². The van der Waals surface area contributed by atoms with Gasteiger partial charge in [0.2, 0.25) is 0 Å². The second kappa shape index (κ2) is 12.1. The van der Waals surface area contributed by atoms with Gasteiger partial charge < -0.3 is 10.0 Å².